The minimum atomic E-state index is 0.632. The second-order valence-corrected chi connectivity index (χ2v) is 14.3. The number of hydrogen-bond donors (Lipinski definition) is 0. The van der Waals surface area contributed by atoms with Crippen LogP contribution in [0.3, 0.4) is 0 Å². The Morgan fingerprint density at radius 1 is 0.667 bits per heavy atom. The second kappa shape index (κ2) is 7.25. The van der Waals surface area contributed by atoms with E-state index in [-0.39, 0.29) is 0 Å². The zero-order chi connectivity index (χ0) is 21.5. The summed E-state index contributed by atoms with van der Waals surface area (Å²) >= 11 is 0. The van der Waals surface area contributed by atoms with Crippen LogP contribution in [0.5, 0.6) is 0 Å². The summed E-state index contributed by atoms with van der Waals surface area (Å²) < 4.78 is 0. The fourth-order valence-electron chi connectivity index (χ4n) is 11.0. The molecule has 5 fully saturated rings. The molecular formula is C30H52. The van der Waals surface area contributed by atoms with Crippen molar-refractivity contribution in [3.8, 4) is 0 Å². The predicted octanol–water partition coefficient (Wildman–Crippen LogP) is 8.99. The maximum atomic E-state index is 2.78. The quantitative estimate of drug-likeness (QED) is 0.432. The van der Waals surface area contributed by atoms with E-state index in [1.165, 1.54) is 19.3 Å². The van der Waals surface area contributed by atoms with Crippen LogP contribution in [-0.2, 0) is 0 Å². The Kier molecular flexibility index (Phi) is 5.27. The summed E-state index contributed by atoms with van der Waals surface area (Å²) in [5, 5.41) is 0. The van der Waals surface area contributed by atoms with Crippen LogP contribution in [0.25, 0.3) is 0 Å². The molecule has 5 aliphatic carbocycles. The first kappa shape index (κ1) is 21.8. The van der Waals surface area contributed by atoms with E-state index < -0.39 is 0 Å². The van der Waals surface area contributed by atoms with Crippen molar-refractivity contribution in [2.24, 2.45) is 69.5 Å². The molecule has 30 heavy (non-hydrogen) atoms. The van der Waals surface area contributed by atoms with Crippen molar-refractivity contribution in [1.29, 1.82) is 0 Å². The predicted molar refractivity (Wildman–Crippen MR) is 129 cm³/mol. The summed E-state index contributed by atoms with van der Waals surface area (Å²) in [6.07, 6.45) is 17.0. The average Bonchev–Trinajstić information content (AvgIpc) is 3.28. The molecule has 0 aromatic rings. The van der Waals surface area contributed by atoms with Crippen molar-refractivity contribution in [3.63, 3.8) is 0 Å². The third-order valence-corrected chi connectivity index (χ3v) is 13.3. The highest BCUT2D eigenvalue weighted by molar-refractivity contribution is 5.12. The molecule has 0 aromatic carbocycles. The van der Waals surface area contributed by atoms with Crippen LogP contribution in [0.1, 0.15) is 119 Å². The van der Waals surface area contributed by atoms with Gasteiger partial charge in [0, 0.05) is 0 Å². The normalized spacial score (nSPS) is 54.8. The van der Waals surface area contributed by atoms with Crippen LogP contribution in [0.15, 0.2) is 0 Å². The van der Waals surface area contributed by atoms with E-state index in [0.29, 0.717) is 16.2 Å². The highest BCUT2D eigenvalue weighted by Gasteiger charge is 2.64. The van der Waals surface area contributed by atoms with Gasteiger partial charge in [0.15, 0.2) is 0 Å². The minimum Gasteiger partial charge on any atom is -0.0625 e. The lowest BCUT2D eigenvalue weighted by atomic mass is 9.44. The third-order valence-electron chi connectivity index (χ3n) is 13.3. The highest BCUT2D eigenvalue weighted by atomic mass is 14.7. The summed E-state index contributed by atoms with van der Waals surface area (Å²) in [5.74, 6) is 8.92. The fraction of sp³-hybridized carbons (Fsp3) is 1.00. The van der Waals surface area contributed by atoms with Gasteiger partial charge in [-0.1, -0.05) is 61.3 Å². The molecule has 0 unspecified atom stereocenters. The lowest BCUT2D eigenvalue weighted by Gasteiger charge is -2.61. The molecule has 11 atom stereocenters. The van der Waals surface area contributed by atoms with E-state index >= 15 is 0 Å². The summed E-state index contributed by atoms with van der Waals surface area (Å²) in [7, 11) is 0. The van der Waals surface area contributed by atoms with E-state index in [9.17, 15) is 0 Å². The van der Waals surface area contributed by atoms with Gasteiger partial charge in [0.25, 0.3) is 0 Å². The maximum Gasteiger partial charge on any atom is -0.0264 e. The van der Waals surface area contributed by atoms with Gasteiger partial charge >= 0.3 is 0 Å². The molecule has 172 valence electrons. The fourth-order valence-corrected chi connectivity index (χ4v) is 11.0. The monoisotopic (exact) mass is 412 g/mol. The smallest absolute Gasteiger partial charge is 0.0264 e. The van der Waals surface area contributed by atoms with Gasteiger partial charge in [-0.05, 0) is 127 Å². The van der Waals surface area contributed by atoms with E-state index in [1.807, 2.05) is 0 Å². The largest absolute Gasteiger partial charge is 0.0625 e. The van der Waals surface area contributed by atoms with Crippen LogP contribution < -0.4 is 0 Å². The molecule has 0 amide bonds. The van der Waals surface area contributed by atoms with Crippen molar-refractivity contribution in [3.05, 3.63) is 0 Å². The Morgan fingerprint density at radius 3 is 2.13 bits per heavy atom. The Bertz CT molecular complexity index is 648. The molecule has 0 N–H and O–H groups in total. The molecule has 0 saturated heterocycles. The van der Waals surface area contributed by atoms with Crippen molar-refractivity contribution in [2.45, 2.75) is 119 Å². The van der Waals surface area contributed by atoms with Gasteiger partial charge in [-0.15, -0.1) is 0 Å². The minimum absolute atomic E-state index is 0.632. The molecular weight excluding hydrogens is 360 g/mol. The zero-order valence-electron chi connectivity index (χ0n) is 21.5. The van der Waals surface area contributed by atoms with E-state index in [0.717, 1.165) is 53.3 Å². The van der Waals surface area contributed by atoms with E-state index in [4.69, 9.17) is 0 Å². The standard InChI is InChI=1S/C30H52/c1-19(2)21(4)30(7)18-27(30)20(3)24-13-14-25-23-12-11-22-10-8-9-16-28(22,5)26(23)15-17-29(24,25)6/h19-27H,8-18H2,1-7H3/t20-,21+,22+,23-,24+,25-,26-,27+,28-,29+,30+/m0/s1. The van der Waals surface area contributed by atoms with Gasteiger partial charge in [-0.25, -0.2) is 0 Å². The summed E-state index contributed by atoms with van der Waals surface area (Å²) in [6, 6.07) is 0. The Hall–Kier alpha value is 0. The first-order chi connectivity index (χ1) is 14.1. The first-order valence-electron chi connectivity index (χ1n) is 14.1. The molecule has 5 aliphatic rings. The Morgan fingerprint density at radius 2 is 1.40 bits per heavy atom. The maximum absolute atomic E-state index is 2.78. The lowest BCUT2D eigenvalue weighted by Crippen LogP contribution is -2.53. The summed E-state index contributed by atoms with van der Waals surface area (Å²) in [5.41, 5.74) is 1.99. The van der Waals surface area contributed by atoms with Crippen LogP contribution in [0, 0.1) is 69.5 Å². The molecule has 0 aliphatic heterocycles. The van der Waals surface area contributed by atoms with Gasteiger partial charge in [-0.3, -0.25) is 0 Å². The summed E-state index contributed by atoms with van der Waals surface area (Å²) in [6.45, 7) is 18.3. The Labute approximate surface area is 188 Å². The highest BCUT2D eigenvalue weighted by Crippen LogP contribution is 2.71. The van der Waals surface area contributed by atoms with Gasteiger partial charge in [0.05, 0.1) is 0 Å². The van der Waals surface area contributed by atoms with Crippen molar-refractivity contribution in [1.82, 2.24) is 0 Å². The van der Waals surface area contributed by atoms with E-state index in [1.54, 1.807) is 51.4 Å². The van der Waals surface area contributed by atoms with Crippen LogP contribution in [0.4, 0.5) is 0 Å². The third kappa shape index (κ3) is 2.96. The second-order valence-electron chi connectivity index (χ2n) is 14.3. The molecule has 0 heteroatoms. The van der Waals surface area contributed by atoms with Crippen LogP contribution in [-0.4, -0.2) is 0 Å². The molecule has 5 rings (SSSR count). The topological polar surface area (TPSA) is 0 Å². The van der Waals surface area contributed by atoms with Crippen molar-refractivity contribution in [2.75, 3.05) is 0 Å². The van der Waals surface area contributed by atoms with Gasteiger partial charge in [0.1, 0.15) is 0 Å². The van der Waals surface area contributed by atoms with Gasteiger partial charge < -0.3 is 0 Å². The van der Waals surface area contributed by atoms with Gasteiger partial charge in [0.2, 0.25) is 0 Å². The lowest BCUT2D eigenvalue weighted by molar-refractivity contribution is -0.115. The first-order valence-corrected chi connectivity index (χ1v) is 14.1. The van der Waals surface area contributed by atoms with Crippen LogP contribution in [0.2, 0.25) is 0 Å². The molecule has 0 heterocycles. The van der Waals surface area contributed by atoms with Crippen molar-refractivity contribution >= 4 is 0 Å². The molecule has 0 nitrogen and oxygen atoms in total. The SMILES string of the molecule is CC(C)[C@@H](C)[C@@]1(C)C[C@@H]1[C@@H](C)[C@H]1CC[C@H]2[C@@H]3CC[C@H]4CCCC[C@]4(C)[C@H]3CC[C@]12C. The Balaban J connectivity index is 1.34. The number of rotatable bonds is 4. The number of fused-ring (bicyclic) bond motifs is 5. The molecule has 0 spiro atoms. The molecule has 5 saturated carbocycles. The number of hydrogen-bond acceptors (Lipinski definition) is 0. The molecule has 0 aromatic heterocycles. The van der Waals surface area contributed by atoms with Crippen molar-refractivity contribution < 1.29 is 0 Å². The molecule has 0 radical (unpaired) electrons. The van der Waals surface area contributed by atoms with Crippen LogP contribution >= 0.6 is 0 Å². The van der Waals surface area contributed by atoms with E-state index in [2.05, 4.69) is 48.5 Å². The molecule has 0 bridgehead atoms. The summed E-state index contributed by atoms with van der Waals surface area (Å²) in [4.78, 5) is 0. The average molecular weight is 413 g/mol. The zero-order valence-corrected chi connectivity index (χ0v) is 21.5. The van der Waals surface area contributed by atoms with Gasteiger partial charge in [-0.2, -0.15) is 0 Å².